The van der Waals surface area contributed by atoms with Crippen molar-refractivity contribution in [3.8, 4) is 5.88 Å². The lowest BCUT2D eigenvalue weighted by Gasteiger charge is -2.37. The normalized spacial score (nSPS) is 22.8. The number of ether oxygens (including phenoxy) is 1. The summed E-state index contributed by atoms with van der Waals surface area (Å²) in [5.74, 6) is -3.36. The van der Waals surface area contributed by atoms with Crippen LogP contribution in [-0.2, 0) is 4.79 Å². The van der Waals surface area contributed by atoms with Gasteiger partial charge in [-0.15, -0.1) is 0 Å². The number of halogens is 2. The Hall–Kier alpha value is -1.50. The van der Waals surface area contributed by atoms with Gasteiger partial charge in [-0.05, 0) is 18.7 Å². The highest BCUT2D eigenvalue weighted by atomic mass is 19.3. The number of pyridine rings is 1. The van der Waals surface area contributed by atoms with Crippen molar-refractivity contribution < 1.29 is 18.3 Å². The highest BCUT2D eigenvalue weighted by Gasteiger charge is 2.44. The number of aromatic nitrogens is 1. The van der Waals surface area contributed by atoms with E-state index < -0.39 is 11.8 Å². The van der Waals surface area contributed by atoms with Crippen molar-refractivity contribution in [2.45, 2.75) is 18.3 Å². The summed E-state index contributed by atoms with van der Waals surface area (Å²) in [4.78, 5) is 16.0. The number of carbonyl (C=O) groups excluding carboxylic acids is 1. The van der Waals surface area contributed by atoms with E-state index >= 15 is 0 Å². The molecule has 19 heavy (non-hydrogen) atoms. The first-order valence-corrected chi connectivity index (χ1v) is 5.97. The van der Waals surface area contributed by atoms with Gasteiger partial charge in [0.25, 0.3) is 13.3 Å². The Morgan fingerprint density at radius 1 is 1.58 bits per heavy atom. The van der Waals surface area contributed by atoms with E-state index in [1.165, 1.54) is 20.7 Å². The van der Waals surface area contributed by atoms with Gasteiger partial charge in [0.15, 0.2) is 0 Å². The standard InChI is InChI=1S/C12H14BF2N2O2/c1-19-11-3-2-9(6-16-11)10-7-17(13-8-18)5-4-12(10,14)15/h2-3,6,8,10H,4-5,7H2,1H3. The second kappa shape index (κ2) is 5.65. The number of alkyl halides is 2. The van der Waals surface area contributed by atoms with E-state index in [2.05, 4.69) is 4.98 Å². The Balaban J connectivity index is 2.19. The molecule has 1 saturated heterocycles. The van der Waals surface area contributed by atoms with Crippen molar-refractivity contribution in [1.82, 2.24) is 9.79 Å². The van der Waals surface area contributed by atoms with Gasteiger partial charge >= 0.3 is 0 Å². The Bertz CT molecular complexity index is 442. The van der Waals surface area contributed by atoms with E-state index in [1.807, 2.05) is 0 Å². The van der Waals surface area contributed by atoms with Gasteiger partial charge in [0.2, 0.25) is 5.88 Å². The summed E-state index contributed by atoms with van der Waals surface area (Å²) in [6.07, 6.45) is 1.75. The van der Waals surface area contributed by atoms with Crippen LogP contribution in [-0.4, -0.2) is 49.5 Å². The molecular formula is C12H14BF2N2O2. The highest BCUT2D eigenvalue weighted by molar-refractivity contribution is 6.64. The number of piperidine rings is 1. The van der Waals surface area contributed by atoms with Crippen LogP contribution in [0.5, 0.6) is 5.88 Å². The summed E-state index contributed by atoms with van der Waals surface area (Å²) in [7, 11) is 2.77. The maximum Gasteiger partial charge on any atom is 0.293 e. The molecular weight excluding hydrogens is 253 g/mol. The van der Waals surface area contributed by atoms with Gasteiger partial charge in [0.05, 0.1) is 19.2 Å². The first-order chi connectivity index (χ1) is 9.06. The van der Waals surface area contributed by atoms with Crippen LogP contribution in [0.4, 0.5) is 8.78 Å². The van der Waals surface area contributed by atoms with E-state index in [-0.39, 0.29) is 19.5 Å². The van der Waals surface area contributed by atoms with Crippen LogP contribution in [0.15, 0.2) is 18.3 Å². The van der Waals surface area contributed by atoms with Crippen molar-refractivity contribution in [3.05, 3.63) is 23.9 Å². The monoisotopic (exact) mass is 267 g/mol. The Labute approximate surface area is 111 Å². The lowest BCUT2D eigenvalue weighted by Crippen LogP contribution is -2.47. The molecule has 0 aliphatic carbocycles. The molecule has 0 aromatic carbocycles. The number of hydrogen-bond acceptors (Lipinski definition) is 4. The largest absolute Gasteiger partial charge is 0.481 e. The molecule has 1 unspecified atom stereocenters. The third kappa shape index (κ3) is 3.09. The van der Waals surface area contributed by atoms with Crippen LogP contribution in [0, 0.1) is 0 Å². The van der Waals surface area contributed by atoms with E-state index in [0.29, 0.717) is 17.6 Å². The van der Waals surface area contributed by atoms with E-state index in [0.717, 1.165) is 0 Å². The van der Waals surface area contributed by atoms with E-state index in [1.54, 1.807) is 16.9 Å². The number of hydrogen-bond donors (Lipinski definition) is 0. The summed E-state index contributed by atoms with van der Waals surface area (Å²) >= 11 is 0. The van der Waals surface area contributed by atoms with Crippen molar-refractivity contribution in [1.29, 1.82) is 0 Å². The molecule has 0 spiro atoms. The molecule has 1 fully saturated rings. The number of rotatable bonds is 4. The molecule has 1 radical (unpaired) electrons. The summed E-state index contributed by atoms with van der Waals surface area (Å²) in [5.41, 5.74) is 0.454. The lowest BCUT2D eigenvalue weighted by molar-refractivity contribution is -0.0625. The molecule has 0 saturated carbocycles. The van der Waals surface area contributed by atoms with Crippen LogP contribution in [0.2, 0.25) is 0 Å². The first-order valence-electron chi connectivity index (χ1n) is 5.97. The fourth-order valence-electron chi connectivity index (χ4n) is 2.22. The topological polar surface area (TPSA) is 42.4 Å². The molecule has 0 bridgehead atoms. The quantitative estimate of drug-likeness (QED) is 0.609. The molecule has 2 heterocycles. The number of methoxy groups -OCH3 is 1. The summed E-state index contributed by atoms with van der Waals surface area (Å²) < 4.78 is 32.8. The van der Waals surface area contributed by atoms with Gasteiger partial charge in [-0.1, -0.05) is 6.07 Å². The van der Waals surface area contributed by atoms with Crippen LogP contribution >= 0.6 is 0 Å². The molecule has 0 N–H and O–H groups in total. The van der Waals surface area contributed by atoms with Gasteiger partial charge in [-0.3, -0.25) is 0 Å². The van der Waals surface area contributed by atoms with Gasteiger partial charge in [0.1, 0.15) is 0 Å². The molecule has 1 aliphatic heterocycles. The summed E-state index contributed by atoms with van der Waals surface area (Å²) in [6.45, 7) is 0.297. The lowest BCUT2D eigenvalue weighted by atomic mass is 9.82. The fourth-order valence-corrected chi connectivity index (χ4v) is 2.22. The van der Waals surface area contributed by atoms with Gasteiger partial charge in [0, 0.05) is 18.7 Å². The highest BCUT2D eigenvalue weighted by Crippen LogP contribution is 2.39. The van der Waals surface area contributed by atoms with Crippen LogP contribution in [0.3, 0.4) is 0 Å². The van der Waals surface area contributed by atoms with Crippen LogP contribution in [0.1, 0.15) is 17.9 Å². The molecule has 7 heteroatoms. The minimum absolute atomic E-state index is 0.111. The molecule has 1 aliphatic rings. The number of carbonyl (C=O) groups is 1. The molecule has 101 valence electrons. The molecule has 1 atom stereocenters. The zero-order valence-electron chi connectivity index (χ0n) is 10.6. The van der Waals surface area contributed by atoms with Gasteiger partial charge in [-0.25, -0.2) is 13.8 Å². The second-order valence-corrected chi connectivity index (χ2v) is 4.48. The van der Waals surface area contributed by atoms with Gasteiger partial charge < -0.3 is 14.3 Å². The van der Waals surface area contributed by atoms with E-state index in [4.69, 9.17) is 4.74 Å². The SMILES string of the molecule is COc1ccc(C2CN([B]C=O)CCC2(F)F)cn1. The van der Waals surface area contributed by atoms with Crippen molar-refractivity contribution in [3.63, 3.8) is 0 Å². The van der Waals surface area contributed by atoms with Gasteiger partial charge in [-0.2, -0.15) is 0 Å². The van der Waals surface area contributed by atoms with Crippen molar-refractivity contribution >= 4 is 13.6 Å². The Kier molecular flexibility index (Phi) is 4.14. The minimum atomic E-state index is -2.79. The summed E-state index contributed by atoms with van der Waals surface area (Å²) in [5, 5.41) is 0. The molecule has 0 amide bonds. The Morgan fingerprint density at radius 2 is 2.37 bits per heavy atom. The zero-order chi connectivity index (χ0) is 13.9. The van der Waals surface area contributed by atoms with Crippen molar-refractivity contribution in [2.24, 2.45) is 0 Å². The average Bonchev–Trinajstić information content (AvgIpc) is 2.41. The minimum Gasteiger partial charge on any atom is -0.481 e. The molecule has 1 aromatic heterocycles. The summed E-state index contributed by atoms with van der Waals surface area (Å²) in [6, 6.07) is 3.16. The molecule has 1 aromatic rings. The third-order valence-electron chi connectivity index (χ3n) is 3.30. The zero-order valence-corrected chi connectivity index (χ0v) is 10.6. The van der Waals surface area contributed by atoms with Crippen LogP contribution < -0.4 is 4.74 Å². The maximum absolute atomic E-state index is 14.0. The number of nitrogens with zero attached hydrogens (tertiary/aromatic N) is 2. The average molecular weight is 267 g/mol. The van der Waals surface area contributed by atoms with Crippen molar-refractivity contribution in [2.75, 3.05) is 20.2 Å². The molecule has 2 rings (SSSR count). The third-order valence-corrected chi connectivity index (χ3v) is 3.30. The second-order valence-electron chi connectivity index (χ2n) is 4.48. The smallest absolute Gasteiger partial charge is 0.293 e. The fraction of sp³-hybridized carbons (Fsp3) is 0.500. The van der Waals surface area contributed by atoms with Crippen LogP contribution in [0.25, 0.3) is 0 Å². The Morgan fingerprint density at radius 3 is 2.95 bits per heavy atom. The first kappa shape index (κ1) is 13.9. The van der Waals surface area contributed by atoms with E-state index in [9.17, 15) is 13.6 Å². The predicted octanol–water partition coefficient (Wildman–Crippen LogP) is 1.32. The molecule has 4 nitrogen and oxygen atoms in total. The maximum atomic E-state index is 14.0. The predicted molar refractivity (Wildman–Crippen MR) is 67.2 cm³/mol.